The molecule has 1 saturated heterocycles. The first-order valence-corrected chi connectivity index (χ1v) is 14.6. The Balaban J connectivity index is 1.32. The number of thiazole rings is 1. The molecule has 3 N–H and O–H groups in total. The highest BCUT2D eigenvalue weighted by molar-refractivity contribution is 7.13. The summed E-state index contributed by atoms with van der Waals surface area (Å²) < 4.78 is 5.57. The Hall–Kier alpha value is -3.44. The summed E-state index contributed by atoms with van der Waals surface area (Å²) in [5.41, 5.74) is 2.71. The van der Waals surface area contributed by atoms with Crippen LogP contribution in [-0.2, 0) is 17.7 Å². The van der Waals surface area contributed by atoms with Crippen molar-refractivity contribution in [2.75, 3.05) is 19.6 Å². The lowest BCUT2D eigenvalue weighted by atomic mass is 10.1. The van der Waals surface area contributed by atoms with E-state index in [-0.39, 0.29) is 24.9 Å². The van der Waals surface area contributed by atoms with Gasteiger partial charge in [-0.2, -0.15) is 0 Å². The van der Waals surface area contributed by atoms with Gasteiger partial charge in [-0.15, -0.1) is 11.3 Å². The molecule has 0 radical (unpaired) electrons. The van der Waals surface area contributed by atoms with Crippen LogP contribution in [0.4, 0.5) is 4.79 Å². The number of amides is 3. The Morgan fingerprint density at radius 3 is 2.48 bits per heavy atom. The van der Waals surface area contributed by atoms with Crippen molar-refractivity contribution < 1.29 is 19.1 Å². The molecule has 5 rings (SSSR count). The second-order valence-electron chi connectivity index (χ2n) is 12.0. The number of rotatable bonds is 5. The van der Waals surface area contributed by atoms with E-state index in [1.165, 1.54) is 16.2 Å². The SMILES string of the molecule is Cc1ccc2[nH]c(C(=O)N[C@@H]3CN(C(=O)OC(C)(C)C)C[C@H]3NC(=O)c3nc4c(s3)CN(C(C)C)CC4)cc2c1. The summed E-state index contributed by atoms with van der Waals surface area (Å²) in [5.74, 6) is -0.602. The van der Waals surface area contributed by atoms with Gasteiger partial charge in [-0.05, 0) is 59.7 Å². The molecule has 1 aromatic carbocycles. The minimum Gasteiger partial charge on any atom is -0.444 e. The van der Waals surface area contributed by atoms with Crippen LogP contribution in [-0.4, -0.2) is 81.0 Å². The predicted octanol–water partition coefficient (Wildman–Crippen LogP) is 3.85. The van der Waals surface area contributed by atoms with Crippen LogP contribution in [0.5, 0.6) is 0 Å². The van der Waals surface area contributed by atoms with E-state index in [1.54, 1.807) is 0 Å². The van der Waals surface area contributed by atoms with Crippen LogP contribution in [0, 0.1) is 6.92 Å². The average molecular weight is 567 g/mol. The maximum Gasteiger partial charge on any atom is 0.410 e. The van der Waals surface area contributed by atoms with Crippen LogP contribution in [0.2, 0.25) is 0 Å². The molecule has 0 aliphatic carbocycles. The number of nitrogens with one attached hydrogen (secondary N) is 3. The van der Waals surface area contributed by atoms with Gasteiger partial charge in [0.05, 0.1) is 17.8 Å². The smallest absolute Gasteiger partial charge is 0.410 e. The summed E-state index contributed by atoms with van der Waals surface area (Å²) >= 11 is 1.42. The largest absolute Gasteiger partial charge is 0.444 e. The fourth-order valence-electron chi connectivity index (χ4n) is 5.18. The van der Waals surface area contributed by atoms with Gasteiger partial charge in [0, 0.05) is 54.4 Å². The molecule has 0 unspecified atom stereocenters. The molecule has 10 nitrogen and oxygen atoms in total. The number of fused-ring (bicyclic) bond motifs is 2. The molecule has 4 heterocycles. The Morgan fingerprint density at radius 2 is 1.80 bits per heavy atom. The number of carbonyl (C=O) groups excluding carboxylic acids is 3. The highest BCUT2D eigenvalue weighted by Gasteiger charge is 2.39. The van der Waals surface area contributed by atoms with Gasteiger partial charge in [0.2, 0.25) is 0 Å². The van der Waals surface area contributed by atoms with Gasteiger partial charge in [-0.3, -0.25) is 14.5 Å². The maximum atomic E-state index is 13.4. The first-order chi connectivity index (χ1) is 18.9. The van der Waals surface area contributed by atoms with E-state index in [1.807, 2.05) is 52.0 Å². The second kappa shape index (κ2) is 10.9. The summed E-state index contributed by atoms with van der Waals surface area (Å²) in [5, 5.41) is 7.43. The minimum atomic E-state index is -0.663. The van der Waals surface area contributed by atoms with Gasteiger partial charge in [-0.1, -0.05) is 11.6 Å². The number of ether oxygens (including phenoxy) is 1. The van der Waals surface area contributed by atoms with E-state index < -0.39 is 23.8 Å². The molecule has 2 aliphatic heterocycles. The summed E-state index contributed by atoms with van der Waals surface area (Å²) in [6.45, 7) is 13.9. The Morgan fingerprint density at radius 1 is 1.10 bits per heavy atom. The zero-order chi connectivity index (χ0) is 28.8. The summed E-state index contributed by atoms with van der Waals surface area (Å²) in [6, 6.07) is 7.16. The monoisotopic (exact) mass is 566 g/mol. The Bertz CT molecular complexity index is 1440. The molecule has 11 heteroatoms. The van der Waals surface area contributed by atoms with Crippen molar-refractivity contribution in [2.24, 2.45) is 0 Å². The van der Waals surface area contributed by atoms with E-state index in [9.17, 15) is 14.4 Å². The quantitative estimate of drug-likeness (QED) is 0.432. The lowest BCUT2D eigenvalue weighted by molar-refractivity contribution is 0.0286. The van der Waals surface area contributed by atoms with Crippen LogP contribution in [0.15, 0.2) is 24.3 Å². The molecule has 1 fully saturated rings. The number of hydrogen-bond acceptors (Lipinski definition) is 7. The van der Waals surface area contributed by atoms with E-state index in [4.69, 9.17) is 4.74 Å². The van der Waals surface area contributed by atoms with E-state index in [0.29, 0.717) is 16.7 Å². The first kappa shape index (κ1) is 28.1. The molecule has 3 amide bonds. The van der Waals surface area contributed by atoms with Gasteiger partial charge in [0.1, 0.15) is 11.3 Å². The van der Waals surface area contributed by atoms with Crippen molar-refractivity contribution in [1.29, 1.82) is 0 Å². The topological polar surface area (TPSA) is 120 Å². The van der Waals surface area contributed by atoms with Gasteiger partial charge in [-0.25, -0.2) is 9.78 Å². The van der Waals surface area contributed by atoms with Crippen molar-refractivity contribution in [1.82, 2.24) is 30.4 Å². The van der Waals surface area contributed by atoms with E-state index in [2.05, 4.69) is 39.3 Å². The fourth-order valence-corrected chi connectivity index (χ4v) is 6.21. The summed E-state index contributed by atoms with van der Waals surface area (Å²) in [4.78, 5) is 52.3. The molecule has 0 saturated carbocycles. The van der Waals surface area contributed by atoms with Crippen LogP contribution in [0.1, 0.15) is 71.0 Å². The zero-order valence-corrected chi connectivity index (χ0v) is 24.8. The van der Waals surface area contributed by atoms with E-state index >= 15 is 0 Å². The zero-order valence-electron chi connectivity index (χ0n) is 24.0. The number of benzene rings is 1. The van der Waals surface area contributed by atoms with Crippen LogP contribution >= 0.6 is 11.3 Å². The molecular weight excluding hydrogens is 528 g/mol. The van der Waals surface area contributed by atoms with Crippen LogP contribution in [0.25, 0.3) is 10.9 Å². The van der Waals surface area contributed by atoms with Gasteiger partial charge < -0.3 is 25.3 Å². The van der Waals surface area contributed by atoms with Crippen molar-refractivity contribution in [3.63, 3.8) is 0 Å². The van der Waals surface area contributed by atoms with Gasteiger partial charge in [0.15, 0.2) is 5.01 Å². The first-order valence-electron chi connectivity index (χ1n) is 13.8. The minimum absolute atomic E-state index is 0.211. The number of likely N-dealkylation sites (tertiary alicyclic amines) is 1. The van der Waals surface area contributed by atoms with Crippen LogP contribution in [0.3, 0.4) is 0 Å². The molecule has 2 aromatic heterocycles. The summed E-state index contributed by atoms with van der Waals surface area (Å²) in [6.07, 6.45) is 0.332. The number of aromatic nitrogens is 2. The molecule has 214 valence electrons. The third-order valence-corrected chi connectivity index (χ3v) is 8.39. The van der Waals surface area contributed by atoms with Gasteiger partial charge >= 0.3 is 6.09 Å². The third kappa shape index (κ3) is 6.15. The average Bonchev–Trinajstić information content (AvgIpc) is 3.59. The molecular formula is C29H38N6O4S. The van der Waals surface area contributed by atoms with Crippen molar-refractivity contribution in [3.05, 3.63) is 51.1 Å². The third-order valence-electron chi connectivity index (χ3n) is 7.31. The number of nitrogens with zero attached hydrogens (tertiary/aromatic N) is 3. The second-order valence-corrected chi connectivity index (χ2v) is 13.1. The molecule has 2 atom stereocenters. The molecule has 0 spiro atoms. The molecule has 40 heavy (non-hydrogen) atoms. The highest BCUT2D eigenvalue weighted by atomic mass is 32.1. The standard InChI is InChI=1S/C29H38N6O4S/c1-16(2)34-10-9-20-24(15-34)40-27(33-20)26(37)32-23-14-35(28(38)39-29(4,5)6)13-22(23)31-25(36)21-12-18-11-17(3)7-8-19(18)30-21/h7-8,11-12,16,22-23,30H,9-10,13-15H2,1-6H3,(H,31,36)(H,32,37)/t22-,23-/m1/s1. The molecule has 3 aromatic rings. The molecule has 2 aliphatic rings. The lowest BCUT2D eigenvalue weighted by Gasteiger charge is -2.29. The number of carbonyl (C=O) groups is 3. The van der Waals surface area contributed by atoms with Crippen molar-refractivity contribution >= 4 is 40.1 Å². The number of aryl methyl sites for hydroxylation is 1. The van der Waals surface area contributed by atoms with Crippen molar-refractivity contribution in [3.8, 4) is 0 Å². The van der Waals surface area contributed by atoms with Crippen LogP contribution < -0.4 is 10.6 Å². The Kier molecular flexibility index (Phi) is 7.62. The fraction of sp³-hybridized carbons (Fsp3) is 0.517. The summed E-state index contributed by atoms with van der Waals surface area (Å²) in [7, 11) is 0. The number of aromatic amines is 1. The highest BCUT2D eigenvalue weighted by Crippen LogP contribution is 2.27. The lowest BCUT2D eigenvalue weighted by Crippen LogP contribution is -2.51. The Labute approximate surface area is 238 Å². The van der Waals surface area contributed by atoms with Gasteiger partial charge in [0.25, 0.3) is 11.8 Å². The number of hydrogen-bond donors (Lipinski definition) is 3. The maximum absolute atomic E-state index is 13.4. The molecule has 0 bridgehead atoms. The van der Waals surface area contributed by atoms with Crippen molar-refractivity contribution in [2.45, 2.75) is 78.2 Å². The predicted molar refractivity (Wildman–Crippen MR) is 155 cm³/mol. The normalized spacial score (nSPS) is 19.6. The number of H-pyrrole nitrogens is 1. The van der Waals surface area contributed by atoms with E-state index in [0.717, 1.165) is 46.5 Å².